The number of ether oxygens (including phenoxy) is 1. The molecule has 0 aliphatic rings. The fourth-order valence-electron chi connectivity index (χ4n) is 2.85. The Kier molecular flexibility index (Phi) is 5.72. The van der Waals surface area contributed by atoms with E-state index in [0.29, 0.717) is 34.0 Å². The van der Waals surface area contributed by atoms with Gasteiger partial charge in [-0.05, 0) is 48.9 Å². The molecule has 30 heavy (non-hydrogen) atoms. The molecular weight excluding hydrogens is 402 g/mol. The number of anilines is 1. The van der Waals surface area contributed by atoms with Crippen molar-refractivity contribution in [3.63, 3.8) is 0 Å². The van der Waals surface area contributed by atoms with Crippen LogP contribution in [0.2, 0.25) is 5.02 Å². The van der Waals surface area contributed by atoms with E-state index in [0.717, 1.165) is 5.56 Å². The lowest BCUT2D eigenvalue weighted by molar-refractivity contribution is -0.115. The van der Waals surface area contributed by atoms with E-state index in [1.165, 1.54) is 0 Å². The second-order valence-corrected chi connectivity index (χ2v) is 6.91. The predicted octanol–water partition coefficient (Wildman–Crippen LogP) is 4.60. The van der Waals surface area contributed by atoms with E-state index < -0.39 is 0 Å². The monoisotopic (exact) mass is 419 g/mol. The third-order valence-electron chi connectivity index (χ3n) is 4.21. The largest absolute Gasteiger partial charge is 0.439 e. The molecule has 8 heteroatoms. The zero-order chi connectivity index (χ0) is 20.9. The quantitative estimate of drug-likeness (QED) is 0.494. The smallest absolute Gasteiger partial charge is 0.228 e. The summed E-state index contributed by atoms with van der Waals surface area (Å²) in [5.41, 5.74) is 1.44. The Labute approximate surface area is 178 Å². The maximum absolute atomic E-state index is 12.3. The van der Waals surface area contributed by atoms with Crippen LogP contribution in [-0.4, -0.2) is 25.7 Å². The predicted molar refractivity (Wildman–Crippen MR) is 114 cm³/mol. The van der Waals surface area contributed by atoms with Gasteiger partial charge >= 0.3 is 0 Å². The molecule has 1 amide bonds. The van der Waals surface area contributed by atoms with Crippen molar-refractivity contribution in [3.8, 4) is 17.4 Å². The van der Waals surface area contributed by atoms with Crippen LogP contribution in [0.3, 0.4) is 0 Å². The first-order valence-electron chi connectivity index (χ1n) is 9.24. The number of amides is 1. The van der Waals surface area contributed by atoms with Crippen molar-refractivity contribution < 1.29 is 9.53 Å². The molecule has 150 valence electrons. The Bertz CT molecular complexity index is 1160. The molecule has 7 nitrogen and oxygen atoms in total. The topological polar surface area (TPSA) is 81.9 Å². The van der Waals surface area contributed by atoms with Crippen LogP contribution < -0.4 is 10.1 Å². The third-order valence-corrected chi connectivity index (χ3v) is 4.58. The van der Waals surface area contributed by atoms with Crippen LogP contribution in [0, 0.1) is 6.92 Å². The van der Waals surface area contributed by atoms with Crippen LogP contribution >= 0.6 is 11.6 Å². The summed E-state index contributed by atoms with van der Waals surface area (Å²) in [6.45, 7) is 1.79. The van der Waals surface area contributed by atoms with Crippen molar-refractivity contribution >= 4 is 23.2 Å². The molecule has 2 aromatic carbocycles. The van der Waals surface area contributed by atoms with Gasteiger partial charge in [-0.25, -0.2) is 9.67 Å². The van der Waals surface area contributed by atoms with Gasteiger partial charge in [0.2, 0.25) is 11.8 Å². The fraction of sp³-hybridized carbons (Fsp3) is 0.0909. The van der Waals surface area contributed by atoms with Crippen molar-refractivity contribution in [3.05, 3.63) is 89.5 Å². The summed E-state index contributed by atoms with van der Waals surface area (Å²) in [4.78, 5) is 20.9. The lowest BCUT2D eigenvalue weighted by Gasteiger charge is -2.09. The molecule has 0 saturated carbocycles. The van der Waals surface area contributed by atoms with Crippen LogP contribution in [0.25, 0.3) is 5.82 Å². The summed E-state index contributed by atoms with van der Waals surface area (Å²) in [6, 6.07) is 17.9. The van der Waals surface area contributed by atoms with Gasteiger partial charge in [-0.1, -0.05) is 29.8 Å². The van der Waals surface area contributed by atoms with Gasteiger partial charge < -0.3 is 10.1 Å². The zero-order valence-electron chi connectivity index (χ0n) is 16.1. The fourth-order valence-corrected chi connectivity index (χ4v) is 3.05. The molecule has 1 N–H and O–H groups in total. The maximum Gasteiger partial charge on any atom is 0.228 e. The van der Waals surface area contributed by atoms with E-state index in [1.54, 1.807) is 60.4 Å². The molecule has 2 aromatic heterocycles. The van der Waals surface area contributed by atoms with Crippen LogP contribution in [0.1, 0.15) is 11.4 Å². The third kappa shape index (κ3) is 4.82. The molecule has 0 saturated heterocycles. The summed E-state index contributed by atoms with van der Waals surface area (Å²) in [6.07, 6.45) is 3.68. The molecule has 2 heterocycles. The van der Waals surface area contributed by atoms with Gasteiger partial charge in [-0.3, -0.25) is 4.79 Å². The van der Waals surface area contributed by atoms with E-state index in [2.05, 4.69) is 20.4 Å². The molecule has 0 radical (unpaired) electrons. The number of hydrogen-bond acceptors (Lipinski definition) is 5. The summed E-state index contributed by atoms with van der Waals surface area (Å²) >= 11 is 6.11. The van der Waals surface area contributed by atoms with Crippen molar-refractivity contribution in [1.82, 2.24) is 19.7 Å². The number of aromatic nitrogens is 4. The molecule has 0 spiro atoms. The Hall–Kier alpha value is -3.71. The highest BCUT2D eigenvalue weighted by molar-refractivity contribution is 6.31. The van der Waals surface area contributed by atoms with Crippen LogP contribution in [0.4, 0.5) is 5.69 Å². The Morgan fingerprint density at radius 3 is 2.63 bits per heavy atom. The van der Waals surface area contributed by atoms with Crippen molar-refractivity contribution in [1.29, 1.82) is 0 Å². The number of nitrogens with zero attached hydrogens (tertiary/aromatic N) is 4. The first kappa shape index (κ1) is 19.6. The highest BCUT2D eigenvalue weighted by Crippen LogP contribution is 2.23. The van der Waals surface area contributed by atoms with E-state index in [1.807, 2.05) is 24.3 Å². The zero-order valence-corrected chi connectivity index (χ0v) is 16.9. The molecule has 4 rings (SSSR count). The molecule has 0 fully saturated rings. The van der Waals surface area contributed by atoms with E-state index in [9.17, 15) is 4.79 Å². The SMILES string of the molecule is Cc1nc(Oc2ccc(NC(=O)Cc3ccccc3Cl)cc2)cc(-n2cccn2)n1. The maximum atomic E-state index is 12.3. The summed E-state index contributed by atoms with van der Waals surface area (Å²) in [5, 5.41) is 7.60. The molecular formula is C22H18ClN5O2. The Balaban J connectivity index is 1.42. The Morgan fingerprint density at radius 2 is 1.90 bits per heavy atom. The number of aryl methyl sites for hydroxylation is 1. The molecule has 0 aliphatic heterocycles. The lowest BCUT2D eigenvalue weighted by atomic mass is 10.1. The van der Waals surface area contributed by atoms with Gasteiger partial charge in [0.05, 0.1) is 6.42 Å². The number of hydrogen-bond donors (Lipinski definition) is 1. The van der Waals surface area contributed by atoms with Crippen LogP contribution in [-0.2, 0) is 11.2 Å². The van der Waals surface area contributed by atoms with Crippen LogP contribution in [0.5, 0.6) is 11.6 Å². The van der Waals surface area contributed by atoms with Gasteiger partial charge in [0.15, 0.2) is 5.82 Å². The number of halogens is 1. The van der Waals surface area contributed by atoms with Gasteiger partial charge in [-0.15, -0.1) is 0 Å². The summed E-state index contributed by atoms with van der Waals surface area (Å²) in [5.74, 6) is 2.03. The number of rotatable bonds is 6. The molecule has 0 bridgehead atoms. The molecule has 0 aliphatic carbocycles. The Morgan fingerprint density at radius 1 is 1.10 bits per heavy atom. The first-order valence-corrected chi connectivity index (χ1v) is 9.61. The minimum atomic E-state index is -0.146. The van der Waals surface area contributed by atoms with Gasteiger partial charge in [-0.2, -0.15) is 10.1 Å². The lowest BCUT2D eigenvalue weighted by Crippen LogP contribution is -2.14. The molecule has 0 unspecified atom stereocenters. The number of benzene rings is 2. The van der Waals surface area contributed by atoms with Gasteiger partial charge in [0, 0.05) is 29.2 Å². The van der Waals surface area contributed by atoms with Crippen molar-refractivity contribution in [2.24, 2.45) is 0 Å². The molecule has 0 atom stereocenters. The summed E-state index contributed by atoms with van der Waals surface area (Å²) in [7, 11) is 0. The van der Waals surface area contributed by atoms with Crippen molar-refractivity contribution in [2.45, 2.75) is 13.3 Å². The van der Waals surface area contributed by atoms with Crippen LogP contribution in [0.15, 0.2) is 73.1 Å². The van der Waals surface area contributed by atoms with E-state index in [-0.39, 0.29) is 12.3 Å². The number of carbonyl (C=O) groups excluding carboxylic acids is 1. The molecule has 4 aromatic rings. The van der Waals surface area contributed by atoms with E-state index >= 15 is 0 Å². The highest BCUT2D eigenvalue weighted by atomic mass is 35.5. The van der Waals surface area contributed by atoms with Crippen molar-refractivity contribution in [2.75, 3.05) is 5.32 Å². The number of nitrogens with one attached hydrogen (secondary N) is 1. The number of carbonyl (C=O) groups is 1. The second kappa shape index (κ2) is 8.75. The first-order chi connectivity index (χ1) is 14.6. The minimum Gasteiger partial charge on any atom is -0.439 e. The van der Waals surface area contributed by atoms with Gasteiger partial charge in [0.1, 0.15) is 11.6 Å². The van der Waals surface area contributed by atoms with E-state index in [4.69, 9.17) is 16.3 Å². The standard InChI is InChI=1S/C22H18ClN5O2/c1-15-25-20(28-12-4-11-24-28)14-22(26-15)30-18-9-7-17(8-10-18)27-21(29)13-16-5-2-3-6-19(16)23/h2-12,14H,13H2,1H3,(H,27,29). The average molecular weight is 420 g/mol. The minimum absolute atomic E-state index is 0.146. The second-order valence-electron chi connectivity index (χ2n) is 6.51. The summed E-state index contributed by atoms with van der Waals surface area (Å²) < 4.78 is 7.48. The normalized spacial score (nSPS) is 10.6. The highest BCUT2D eigenvalue weighted by Gasteiger charge is 2.09. The van der Waals surface area contributed by atoms with Gasteiger partial charge in [0.25, 0.3) is 0 Å². The average Bonchev–Trinajstić information content (AvgIpc) is 3.26.